The fourth-order valence-corrected chi connectivity index (χ4v) is 8.20. The topological polar surface area (TPSA) is 125 Å². The van der Waals surface area contributed by atoms with Crippen LogP contribution in [0.15, 0.2) is 103 Å². The number of amides is 3. The minimum atomic E-state index is -1.60. The number of fused-ring (bicyclic) bond motifs is 2. The molecule has 4 aliphatic rings. The van der Waals surface area contributed by atoms with E-state index in [1.54, 1.807) is 65.6 Å². The Labute approximate surface area is 295 Å². The van der Waals surface area contributed by atoms with Crippen molar-refractivity contribution in [2.75, 3.05) is 24.6 Å². The van der Waals surface area contributed by atoms with Crippen molar-refractivity contribution in [1.82, 2.24) is 10.2 Å². The Morgan fingerprint density at radius 1 is 0.960 bits per heavy atom. The van der Waals surface area contributed by atoms with E-state index in [9.17, 15) is 14.7 Å². The third-order valence-electron chi connectivity index (χ3n) is 10.1. The van der Waals surface area contributed by atoms with Crippen LogP contribution in [0, 0.1) is 18.8 Å². The molecular weight excluding hydrogens is 658 g/mol. The lowest BCUT2D eigenvalue weighted by molar-refractivity contribution is -0.160. The number of ether oxygens (including phenoxy) is 2. The van der Waals surface area contributed by atoms with E-state index in [-0.39, 0.29) is 25.4 Å². The Balaban J connectivity index is 1.37. The molecule has 2 fully saturated rings. The number of carbonyl (C=O) groups excluding carboxylic acids is 4. The summed E-state index contributed by atoms with van der Waals surface area (Å²) < 4.78 is 13.0. The van der Waals surface area contributed by atoms with Gasteiger partial charge in [-0.1, -0.05) is 109 Å². The molecule has 3 aromatic carbocycles. The van der Waals surface area contributed by atoms with Crippen LogP contribution < -0.4 is 10.2 Å². The van der Waals surface area contributed by atoms with Crippen molar-refractivity contribution in [3.63, 3.8) is 0 Å². The van der Waals surface area contributed by atoms with E-state index in [0.29, 0.717) is 28.3 Å². The Morgan fingerprint density at radius 3 is 2.42 bits per heavy atom. The smallest absolute Gasteiger partial charge is 0.313 e. The van der Waals surface area contributed by atoms with Crippen LogP contribution in [0.2, 0.25) is 5.02 Å². The maximum Gasteiger partial charge on any atom is 0.313 e. The number of likely N-dealkylation sites (tertiary alicyclic amines) is 1. The number of rotatable bonds is 5. The largest absolute Gasteiger partial charge is 0.455 e. The van der Waals surface area contributed by atoms with Gasteiger partial charge >= 0.3 is 5.97 Å². The van der Waals surface area contributed by atoms with Crippen molar-refractivity contribution in [1.29, 1.82) is 0 Å². The second-order valence-corrected chi connectivity index (χ2v) is 13.5. The number of para-hydroxylation sites is 1. The highest BCUT2D eigenvalue weighted by atomic mass is 35.5. The van der Waals surface area contributed by atoms with E-state index < -0.39 is 66.1 Å². The summed E-state index contributed by atoms with van der Waals surface area (Å²) in [4.78, 5) is 60.2. The summed E-state index contributed by atoms with van der Waals surface area (Å²) in [5.41, 5.74) is 0.965. The lowest BCUT2D eigenvalue weighted by Crippen LogP contribution is -2.56. The number of carbonyl (C=O) groups is 4. The molecule has 0 aromatic heterocycles. The molecule has 0 saturated carbocycles. The van der Waals surface area contributed by atoms with Gasteiger partial charge in [0.25, 0.3) is 5.91 Å². The first-order chi connectivity index (χ1) is 24.2. The van der Waals surface area contributed by atoms with Crippen molar-refractivity contribution in [3.05, 3.63) is 125 Å². The number of allylic oxidation sites excluding steroid dienone is 1. The monoisotopic (exact) mass is 695 g/mol. The summed E-state index contributed by atoms with van der Waals surface area (Å²) >= 11 is 6.70. The molecule has 0 aliphatic carbocycles. The van der Waals surface area contributed by atoms with Crippen molar-refractivity contribution < 1.29 is 33.8 Å². The van der Waals surface area contributed by atoms with Crippen molar-refractivity contribution in [2.24, 2.45) is 11.8 Å². The van der Waals surface area contributed by atoms with Crippen LogP contribution >= 0.6 is 11.6 Å². The van der Waals surface area contributed by atoms with Crippen molar-refractivity contribution in [2.45, 2.75) is 49.7 Å². The minimum absolute atomic E-state index is 0.0418. The number of aryl methyl sites for hydroxylation is 1. The van der Waals surface area contributed by atoms with Crippen LogP contribution in [0.1, 0.15) is 41.7 Å². The number of cyclic esters (lactones) is 1. The lowest BCUT2D eigenvalue weighted by atomic mass is 9.77. The molecule has 3 amide bonds. The third-order valence-corrected chi connectivity index (χ3v) is 10.4. The molecule has 3 aromatic rings. The normalized spacial score (nSPS) is 29.5. The molecule has 4 heterocycles. The molecule has 10 nitrogen and oxygen atoms in total. The third kappa shape index (κ3) is 5.81. The standard InChI is InChI=1S/C39H38ClN3O7/c1-24-12-10-17-27(40)34(24)42-21-11-20-39-33(36(46)43(35(39)37(42)47)28(23-44)25-13-4-2-5-14-25)32-29(50-39)18-8-9-19-31(45)41-22-30(49-38(32)48)26-15-6-3-7-16-26/h2-8,10-18,20,28-30,32-33,35,44H,9,19,21-23H2,1H3,(H,41,45)/b18-8-/t28-,29+,30-,32-,33-,35+,39-/m1/s1. The van der Waals surface area contributed by atoms with Gasteiger partial charge in [-0.3, -0.25) is 19.2 Å². The van der Waals surface area contributed by atoms with E-state index in [4.69, 9.17) is 21.1 Å². The highest BCUT2D eigenvalue weighted by Gasteiger charge is 2.72. The van der Waals surface area contributed by atoms with Crippen molar-refractivity contribution >= 4 is 41.0 Å². The Hall–Kier alpha value is -4.77. The predicted molar refractivity (Wildman–Crippen MR) is 186 cm³/mol. The van der Waals surface area contributed by atoms with Gasteiger partial charge in [0.2, 0.25) is 11.8 Å². The molecule has 2 N–H and O–H groups in total. The van der Waals surface area contributed by atoms with E-state index in [1.807, 2.05) is 49.4 Å². The number of hydrogen-bond acceptors (Lipinski definition) is 7. The van der Waals surface area contributed by atoms with E-state index >= 15 is 9.59 Å². The van der Waals surface area contributed by atoms with Gasteiger partial charge in [-0.25, -0.2) is 0 Å². The van der Waals surface area contributed by atoms with E-state index in [0.717, 1.165) is 5.56 Å². The number of nitrogens with one attached hydrogen (secondary N) is 1. The second kappa shape index (κ2) is 13.9. The predicted octanol–water partition coefficient (Wildman–Crippen LogP) is 4.62. The average molecular weight is 696 g/mol. The summed E-state index contributed by atoms with van der Waals surface area (Å²) in [5.74, 6) is -4.17. The van der Waals surface area contributed by atoms with Gasteiger partial charge in [0.05, 0.1) is 41.9 Å². The Kier molecular flexibility index (Phi) is 9.34. The molecule has 0 radical (unpaired) electrons. The number of aliphatic hydroxyl groups excluding tert-OH is 1. The Morgan fingerprint density at radius 2 is 1.70 bits per heavy atom. The number of hydrogen-bond donors (Lipinski definition) is 2. The molecule has 50 heavy (non-hydrogen) atoms. The molecule has 1 spiro atoms. The number of benzene rings is 3. The number of halogens is 1. The van der Waals surface area contributed by atoms with Crippen LogP contribution in [0.3, 0.4) is 0 Å². The van der Waals surface area contributed by atoms with Gasteiger partial charge in [0, 0.05) is 13.0 Å². The average Bonchev–Trinajstić information content (AvgIpc) is 3.51. The molecule has 11 heteroatoms. The van der Waals surface area contributed by atoms with E-state index in [1.165, 1.54) is 4.90 Å². The van der Waals surface area contributed by atoms with Crippen LogP contribution in [0.5, 0.6) is 0 Å². The molecule has 7 rings (SSSR count). The molecule has 4 aliphatic heterocycles. The van der Waals surface area contributed by atoms with E-state index in [2.05, 4.69) is 5.32 Å². The zero-order valence-corrected chi connectivity index (χ0v) is 28.2. The van der Waals surface area contributed by atoms with Gasteiger partial charge in [0.1, 0.15) is 23.7 Å². The highest BCUT2D eigenvalue weighted by Crippen LogP contribution is 2.55. The molecular formula is C39H38ClN3O7. The van der Waals surface area contributed by atoms with Crippen molar-refractivity contribution in [3.8, 4) is 0 Å². The van der Waals surface area contributed by atoms with Crippen LogP contribution in [0.25, 0.3) is 0 Å². The SMILES string of the molecule is Cc1cccc(Cl)c1N1CC=C[C@@]23O[C@H]4/C=C\CCC(=O)NC[C@H](c5ccccc5)OC(=O)[C@H]4[C@@H]2C(=O)N([C@H](CO)c2ccccc2)[C@H]3C1=O. The van der Waals surface area contributed by atoms with Gasteiger partial charge in [-0.05, 0) is 36.1 Å². The first kappa shape index (κ1) is 33.7. The molecule has 0 bridgehead atoms. The van der Waals surface area contributed by atoms with Gasteiger partial charge in [0.15, 0.2) is 0 Å². The second-order valence-electron chi connectivity index (χ2n) is 13.1. The maximum atomic E-state index is 15.1. The maximum absolute atomic E-state index is 15.1. The van der Waals surface area contributed by atoms with Crippen LogP contribution in [-0.2, 0) is 28.7 Å². The highest BCUT2D eigenvalue weighted by molar-refractivity contribution is 6.34. The Bertz CT molecular complexity index is 1830. The molecule has 2 saturated heterocycles. The molecule has 258 valence electrons. The summed E-state index contributed by atoms with van der Waals surface area (Å²) in [6.07, 6.45) is 5.76. The lowest BCUT2D eigenvalue weighted by Gasteiger charge is -2.39. The first-order valence-electron chi connectivity index (χ1n) is 16.8. The zero-order chi connectivity index (χ0) is 35.0. The molecule has 0 unspecified atom stereocenters. The fourth-order valence-electron chi connectivity index (χ4n) is 7.88. The van der Waals surface area contributed by atoms with Gasteiger partial charge in [-0.15, -0.1) is 0 Å². The fraction of sp³-hybridized carbons (Fsp3) is 0.333. The van der Waals surface area contributed by atoms with Gasteiger partial charge in [-0.2, -0.15) is 0 Å². The summed E-state index contributed by atoms with van der Waals surface area (Å²) in [6.45, 7) is 1.55. The number of esters is 1. The number of aliphatic hydroxyl groups is 1. The number of nitrogens with zero attached hydrogens (tertiary/aromatic N) is 2. The number of anilines is 1. The summed E-state index contributed by atoms with van der Waals surface area (Å²) in [5, 5.41) is 14.1. The first-order valence-corrected chi connectivity index (χ1v) is 17.2. The zero-order valence-electron chi connectivity index (χ0n) is 27.5. The minimum Gasteiger partial charge on any atom is -0.455 e. The van der Waals surface area contributed by atoms with Gasteiger partial charge < -0.3 is 29.7 Å². The molecule has 7 atom stereocenters. The van der Waals surface area contributed by atoms with Crippen LogP contribution in [-0.4, -0.2) is 71.1 Å². The quantitative estimate of drug-likeness (QED) is 0.295. The summed E-state index contributed by atoms with van der Waals surface area (Å²) in [7, 11) is 0. The van der Waals surface area contributed by atoms with Crippen LogP contribution in [0.4, 0.5) is 5.69 Å². The summed E-state index contributed by atoms with van der Waals surface area (Å²) in [6, 6.07) is 21.3.